The number of nitrogens with zero attached hydrogens (tertiary/aromatic N) is 1. The molecule has 2 fully saturated rings. The van der Waals surface area contributed by atoms with Gasteiger partial charge in [-0.1, -0.05) is 13.3 Å². The van der Waals surface area contributed by atoms with Gasteiger partial charge in [0.05, 0.1) is 6.10 Å². The summed E-state index contributed by atoms with van der Waals surface area (Å²) in [6, 6.07) is 1.36. The van der Waals surface area contributed by atoms with Crippen LogP contribution in [0.25, 0.3) is 0 Å². The second kappa shape index (κ2) is 5.99. The molecule has 3 heteroatoms. The third-order valence-electron chi connectivity index (χ3n) is 3.88. The molecule has 1 N–H and O–H groups in total. The molecule has 0 amide bonds. The first-order valence-electron chi connectivity index (χ1n) is 6.88. The Kier molecular flexibility index (Phi) is 4.62. The Balaban J connectivity index is 1.80. The van der Waals surface area contributed by atoms with Gasteiger partial charge in [-0.2, -0.15) is 0 Å². The van der Waals surface area contributed by atoms with E-state index in [0.29, 0.717) is 18.2 Å². The fourth-order valence-corrected chi connectivity index (χ4v) is 2.84. The fourth-order valence-electron chi connectivity index (χ4n) is 2.84. The molecule has 0 aromatic rings. The van der Waals surface area contributed by atoms with Crippen LogP contribution in [0.5, 0.6) is 0 Å². The van der Waals surface area contributed by atoms with E-state index in [0.717, 1.165) is 19.7 Å². The molecule has 0 aliphatic carbocycles. The molecule has 3 unspecified atom stereocenters. The number of piperazine rings is 1. The van der Waals surface area contributed by atoms with Gasteiger partial charge in [-0.05, 0) is 26.2 Å². The van der Waals surface area contributed by atoms with E-state index in [9.17, 15) is 0 Å². The third kappa shape index (κ3) is 3.19. The molecular weight excluding hydrogens is 200 g/mol. The zero-order valence-corrected chi connectivity index (χ0v) is 10.7. The zero-order chi connectivity index (χ0) is 11.4. The van der Waals surface area contributed by atoms with Gasteiger partial charge < -0.3 is 10.1 Å². The first-order valence-corrected chi connectivity index (χ1v) is 6.88. The predicted molar refractivity (Wildman–Crippen MR) is 66.7 cm³/mol. The summed E-state index contributed by atoms with van der Waals surface area (Å²) in [4.78, 5) is 2.62. The van der Waals surface area contributed by atoms with Gasteiger partial charge in [0.2, 0.25) is 0 Å². The van der Waals surface area contributed by atoms with Crippen molar-refractivity contribution in [1.82, 2.24) is 10.2 Å². The van der Waals surface area contributed by atoms with Crippen molar-refractivity contribution in [2.24, 2.45) is 0 Å². The van der Waals surface area contributed by atoms with Gasteiger partial charge in [0.25, 0.3) is 0 Å². The summed E-state index contributed by atoms with van der Waals surface area (Å²) in [5, 5.41) is 3.64. The van der Waals surface area contributed by atoms with E-state index in [1.807, 2.05) is 0 Å². The number of rotatable bonds is 4. The van der Waals surface area contributed by atoms with E-state index in [1.54, 1.807) is 0 Å². The van der Waals surface area contributed by atoms with Crippen LogP contribution in [0, 0.1) is 0 Å². The number of hydrogen-bond donors (Lipinski definition) is 1. The molecule has 94 valence electrons. The average molecular weight is 226 g/mol. The van der Waals surface area contributed by atoms with Crippen molar-refractivity contribution < 1.29 is 4.74 Å². The summed E-state index contributed by atoms with van der Waals surface area (Å²) in [5.74, 6) is 0. The van der Waals surface area contributed by atoms with Gasteiger partial charge in [0, 0.05) is 38.3 Å². The van der Waals surface area contributed by atoms with Crippen LogP contribution < -0.4 is 5.32 Å². The van der Waals surface area contributed by atoms with E-state index in [2.05, 4.69) is 24.1 Å². The summed E-state index contributed by atoms with van der Waals surface area (Å²) in [7, 11) is 0. The average Bonchev–Trinajstić information content (AvgIpc) is 2.76. The maximum atomic E-state index is 5.74. The van der Waals surface area contributed by atoms with Crippen molar-refractivity contribution in [1.29, 1.82) is 0 Å². The minimum Gasteiger partial charge on any atom is -0.377 e. The number of nitrogens with one attached hydrogen (secondary N) is 1. The zero-order valence-electron chi connectivity index (χ0n) is 10.7. The molecule has 0 aromatic heterocycles. The van der Waals surface area contributed by atoms with Crippen LogP contribution in [-0.4, -0.2) is 49.3 Å². The largest absolute Gasteiger partial charge is 0.377 e. The third-order valence-corrected chi connectivity index (χ3v) is 3.88. The first-order chi connectivity index (χ1) is 7.79. The summed E-state index contributed by atoms with van der Waals surface area (Å²) in [6.07, 6.45) is 5.59. The molecule has 0 aromatic carbocycles. The van der Waals surface area contributed by atoms with Gasteiger partial charge in [-0.25, -0.2) is 0 Å². The Bertz CT molecular complexity index is 204. The van der Waals surface area contributed by atoms with Crippen molar-refractivity contribution in [3.05, 3.63) is 0 Å². The minimum absolute atomic E-state index is 0.503. The molecule has 3 atom stereocenters. The summed E-state index contributed by atoms with van der Waals surface area (Å²) in [6.45, 7) is 9.05. The lowest BCUT2D eigenvalue weighted by Gasteiger charge is -2.39. The maximum absolute atomic E-state index is 5.74. The van der Waals surface area contributed by atoms with Crippen LogP contribution in [0.2, 0.25) is 0 Å². The standard InChI is InChI=1S/C13H26N2O/c1-3-5-12-9-15(11(2)8-14-12)10-13-6-4-7-16-13/h11-14H,3-10H2,1-2H3. The summed E-state index contributed by atoms with van der Waals surface area (Å²) >= 11 is 0. The lowest BCUT2D eigenvalue weighted by molar-refractivity contribution is 0.0427. The van der Waals surface area contributed by atoms with E-state index >= 15 is 0 Å². The van der Waals surface area contributed by atoms with Gasteiger partial charge in [-0.15, -0.1) is 0 Å². The number of hydrogen-bond acceptors (Lipinski definition) is 3. The second-order valence-corrected chi connectivity index (χ2v) is 5.33. The Morgan fingerprint density at radius 1 is 1.44 bits per heavy atom. The van der Waals surface area contributed by atoms with Crippen LogP contribution in [0.15, 0.2) is 0 Å². The molecule has 2 aliphatic rings. The SMILES string of the molecule is CCCC1CN(CC2CCCO2)C(C)CN1. The molecule has 2 rings (SSSR count). The highest BCUT2D eigenvalue weighted by Gasteiger charge is 2.27. The monoisotopic (exact) mass is 226 g/mol. The lowest BCUT2D eigenvalue weighted by atomic mass is 10.1. The molecule has 2 aliphatic heterocycles. The molecular formula is C13H26N2O. The first kappa shape index (κ1) is 12.3. The maximum Gasteiger partial charge on any atom is 0.0702 e. The van der Waals surface area contributed by atoms with Crippen LogP contribution >= 0.6 is 0 Å². The van der Waals surface area contributed by atoms with E-state index in [4.69, 9.17) is 4.74 Å². The molecule has 16 heavy (non-hydrogen) atoms. The van der Waals surface area contributed by atoms with Gasteiger partial charge in [0.15, 0.2) is 0 Å². The van der Waals surface area contributed by atoms with Crippen molar-refractivity contribution in [2.75, 3.05) is 26.2 Å². The van der Waals surface area contributed by atoms with E-state index in [1.165, 1.54) is 32.2 Å². The summed E-state index contributed by atoms with van der Waals surface area (Å²) < 4.78 is 5.74. The van der Waals surface area contributed by atoms with Crippen molar-refractivity contribution in [3.8, 4) is 0 Å². The Morgan fingerprint density at radius 3 is 3.00 bits per heavy atom. The van der Waals surface area contributed by atoms with Gasteiger partial charge >= 0.3 is 0 Å². The minimum atomic E-state index is 0.503. The molecule has 2 heterocycles. The van der Waals surface area contributed by atoms with Gasteiger partial charge in [-0.3, -0.25) is 4.90 Å². The van der Waals surface area contributed by atoms with Crippen LogP contribution in [0.4, 0.5) is 0 Å². The van der Waals surface area contributed by atoms with Crippen LogP contribution in [0.1, 0.15) is 39.5 Å². The molecule has 3 nitrogen and oxygen atoms in total. The molecule has 0 spiro atoms. The molecule has 0 radical (unpaired) electrons. The normalized spacial score (nSPS) is 36.8. The molecule has 0 saturated carbocycles. The highest BCUT2D eigenvalue weighted by Crippen LogP contribution is 2.17. The summed E-state index contributed by atoms with van der Waals surface area (Å²) in [5.41, 5.74) is 0. The number of ether oxygens (including phenoxy) is 1. The second-order valence-electron chi connectivity index (χ2n) is 5.33. The Labute approximate surface area is 99.5 Å². The van der Waals surface area contributed by atoms with E-state index < -0.39 is 0 Å². The highest BCUT2D eigenvalue weighted by atomic mass is 16.5. The highest BCUT2D eigenvalue weighted by molar-refractivity contribution is 4.85. The smallest absolute Gasteiger partial charge is 0.0702 e. The van der Waals surface area contributed by atoms with Crippen LogP contribution in [-0.2, 0) is 4.74 Å². The van der Waals surface area contributed by atoms with Crippen LogP contribution in [0.3, 0.4) is 0 Å². The van der Waals surface area contributed by atoms with E-state index in [-0.39, 0.29) is 0 Å². The fraction of sp³-hybridized carbons (Fsp3) is 1.00. The van der Waals surface area contributed by atoms with Gasteiger partial charge in [0.1, 0.15) is 0 Å². The Hall–Kier alpha value is -0.120. The molecule has 2 saturated heterocycles. The van der Waals surface area contributed by atoms with Crippen molar-refractivity contribution >= 4 is 0 Å². The molecule has 0 bridgehead atoms. The quantitative estimate of drug-likeness (QED) is 0.788. The Morgan fingerprint density at radius 2 is 2.31 bits per heavy atom. The van der Waals surface area contributed by atoms with Crippen molar-refractivity contribution in [3.63, 3.8) is 0 Å². The van der Waals surface area contributed by atoms with Crippen molar-refractivity contribution in [2.45, 2.75) is 57.7 Å². The lowest BCUT2D eigenvalue weighted by Crippen LogP contribution is -2.56. The topological polar surface area (TPSA) is 24.5 Å². The predicted octanol–water partition coefficient (Wildman–Crippen LogP) is 1.63.